The van der Waals surface area contributed by atoms with Crippen LogP contribution >= 0.6 is 0 Å². The molecule has 0 aromatic heterocycles. The molecular formula is C14H30N4O2. The van der Waals surface area contributed by atoms with Gasteiger partial charge in [-0.3, -0.25) is 4.99 Å². The van der Waals surface area contributed by atoms with E-state index >= 15 is 0 Å². The molecule has 0 aromatic carbocycles. The first kappa shape index (κ1) is 17.2. The number of hydrogen-bond donors (Lipinski definition) is 2. The summed E-state index contributed by atoms with van der Waals surface area (Å²) in [5.74, 6) is 0.877. The number of hydrogen-bond acceptors (Lipinski definition) is 4. The van der Waals surface area contributed by atoms with E-state index in [0.717, 1.165) is 32.1 Å². The van der Waals surface area contributed by atoms with Crippen LogP contribution in [0.15, 0.2) is 4.99 Å². The van der Waals surface area contributed by atoms with Gasteiger partial charge in [-0.1, -0.05) is 0 Å². The number of rotatable bonds is 9. The topological polar surface area (TPSA) is 58.1 Å². The number of likely N-dealkylation sites (N-methyl/N-ethyl adjacent to an activating group) is 1. The SMILES string of the molecule is CN=C(NCCCOCCOC)NCC1CCCN1C. The monoisotopic (exact) mass is 286 g/mol. The third-order valence-electron chi connectivity index (χ3n) is 3.59. The van der Waals surface area contributed by atoms with Gasteiger partial charge in [0.2, 0.25) is 0 Å². The van der Waals surface area contributed by atoms with E-state index in [2.05, 4.69) is 27.6 Å². The van der Waals surface area contributed by atoms with E-state index in [1.165, 1.54) is 19.4 Å². The van der Waals surface area contributed by atoms with E-state index < -0.39 is 0 Å². The molecule has 118 valence electrons. The van der Waals surface area contributed by atoms with Gasteiger partial charge in [0.25, 0.3) is 0 Å². The number of likely N-dealkylation sites (tertiary alicyclic amines) is 1. The molecule has 1 atom stereocenters. The summed E-state index contributed by atoms with van der Waals surface area (Å²) >= 11 is 0. The molecule has 0 aliphatic carbocycles. The summed E-state index contributed by atoms with van der Waals surface area (Å²) < 4.78 is 10.3. The summed E-state index contributed by atoms with van der Waals surface area (Å²) in [6.45, 7) is 5.10. The summed E-state index contributed by atoms with van der Waals surface area (Å²) in [6, 6.07) is 0.630. The first-order valence-corrected chi connectivity index (χ1v) is 7.49. The van der Waals surface area contributed by atoms with Gasteiger partial charge in [-0.2, -0.15) is 0 Å². The Kier molecular flexibility index (Phi) is 9.36. The number of methoxy groups -OCH3 is 1. The van der Waals surface area contributed by atoms with Crippen LogP contribution in [0.3, 0.4) is 0 Å². The molecule has 2 N–H and O–H groups in total. The molecule has 6 heteroatoms. The van der Waals surface area contributed by atoms with Crippen molar-refractivity contribution in [3.63, 3.8) is 0 Å². The zero-order valence-corrected chi connectivity index (χ0v) is 13.2. The smallest absolute Gasteiger partial charge is 0.191 e. The highest BCUT2D eigenvalue weighted by molar-refractivity contribution is 5.79. The quantitative estimate of drug-likeness (QED) is 0.363. The van der Waals surface area contributed by atoms with Crippen molar-refractivity contribution in [2.75, 3.05) is 60.7 Å². The van der Waals surface area contributed by atoms with Crippen LogP contribution in [-0.4, -0.2) is 77.6 Å². The lowest BCUT2D eigenvalue weighted by Crippen LogP contribution is -2.44. The van der Waals surface area contributed by atoms with Crippen LogP contribution in [-0.2, 0) is 9.47 Å². The van der Waals surface area contributed by atoms with Crippen LogP contribution in [0.5, 0.6) is 0 Å². The molecule has 0 aromatic rings. The minimum atomic E-state index is 0.630. The minimum absolute atomic E-state index is 0.630. The average Bonchev–Trinajstić information content (AvgIpc) is 2.86. The van der Waals surface area contributed by atoms with Crippen molar-refractivity contribution in [1.82, 2.24) is 15.5 Å². The normalized spacial score (nSPS) is 20.4. The predicted octanol–water partition coefficient (Wildman–Crippen LogP) is 0.299. The molecule has 1 saturated heterocycles. The van der Waals surface area contributed by atoms with E-state index in [1.807, 2.05) is 7.05 Å². The first-order valence-electron chi connectivity index (χ1n) is 7.49. The molecule has 1 aliphatic rings. The van der Waals surface area contributed by atoms with E-state index in [4.69, 9.17) is 9.47 Å². The van der Waals surface area contributed by atoms with Gasteiger partial charge >= 0.3 is 0 Å². The number of aliphatic imine (C=N–C) groups is 1. The lowest BCUT2D eigenvalue weighted by atomic mass is 10.2. The van der Waals surface area contributed by atoms with Crippen molar-refractivity contribution in [2.24, 2.45) is 4.99 Å². The first-order chi connectivity index (χ1) is 9.77. The fourth-order valence-corrected chi connectivity index (χ4v) is 2.30. The summed E-state index contributed by atoms with van der Waals surface area (Å²) in [4.78, 5) is 6.64. The van der Waals surface area contributed by atoms with Gasteiger partial charge in [-0.25, -0.2) is 0 Å². The maximum Gasteiger partial charge on any atom is 0.191 e. The lowest BCUT2D eigenvalue weighted by Gasteiger charge is -2.21. The van der Waals surface area contributed by atoms with Crippen LogP contribution in [0, 0.1) is 0 Å². The molecule has 0 bridgehead atoms. The molecule has 1 fully saturated rings. The Balaban J connectivity index is 2.02. The molecule has 0 saturated carbocycles. The molecule has 0 spiro atoms. The Bertz CT molecular complexity index is 274. The highest BCUT2D eigenvalue weighted by Crippen LogP contribution is 2.13. The van der Waals surface area contributed by atoms with Gasteiger partial charge in [0.15, 0.2) is 5.96 Å². The second-order valence-electron chi connectivity index (χ2n) is 5.12. The van der Waals surface area contributed by atoms with Crippen molar-refractivity contribution in [1.29, 1.82) is 0 Å². The van der Waals surface area contributed by atoms with Crippen molar-refractivity contribution >= 4 is 5.96 Å². The molecular weight excluding hydrogens is 256 g/mol. The third-order valence-corrected chi connectivity index (χ3v) is 3.59. The fraction of sp³-hybridized carbons (Fsp3) is 0.929. The van der Waals surface area contributed by atoms with E-state index in [1.54, 1.807) is 7.11 Å². The number of ether oxygens (including phenoxy) is 2. The highest BCUT2D eigenvalue weighted by Gasteiger charge is 2.20. The van der Waals surface area contributed by atoms with Crippen LogP contribution in [0.4, 0.5) is 0 Å². The van der Waals surface area contributed by atoms with Gasteiger partial charge in [0.05, 0.1) is 13.2 Å². The van der Waals surface area contributed by atoms with Crippen molar-refractivity contribution in [2.45, 2.75) is 25.3 Å². The van der Waals surface area contributed by atoms with Gasteiger partial charge in [-0.15, -0.1) is 0 Å². The van der Waals surface area contributed by atoms with Crippen molar-refractivity contribution in [3.8, 4) is 0 Å². The van der Waals surface area contributed by atoms with Gasteiger partial charge in [0.1, 0.15) is 0 Å². The minimum Gasteiger partial charge on any atom is -0.382 e. The predicted molar refractivity (Wildman–Crippen MR) is 82.3 cm³/mol. The van der Waals surface area contributed by atoms with Crippen LogP contribution in [0.2, 0.25) is 0 Å². The van der Waals surface area contributed by atoms with E-state index in [-0.39, 0.29) is 0 Å². The van der Waals surface area contributed by atoms with Crippen molar-refractivity contribution < 1.29 is 9.47 Å². The molecule has 1 unspecified atom stereocenters. The molecule has 0 amide bonds. The zero-order valence-electron chi connectivity index (χ0n) is 13.2. The van der Waals surface area contributed by atoms with Crippen molar-refractivity contribution in [3.05, 3.63) is 0 Å². The summed E-state index contributed by atoms with van der Waals surface area (Å²) in [5, 5.41) is 6.70. The summed E-state index contributed by atoms with van der Waals surface area (Å²) in [5.41, 5.74) is 0. The Morgan fingerprint density at radius 2 is 2.15 bits per heavy atom. The number of nitrogens with zero attached hydrogens (tertiary/aromatic N) is 2. The Hall–Kier alpha value is -0.850. The fourth-order valence-electron chi connectivity index (χ4n) is 2.30. The lowest BCUT2D eigenvalue weighted by molar-refractivity contribution is 0.0698. The largest absolute Gasteiger partial charge is 0.382 e. The van der Waals surface area contributed by atoms with Gasteiger partial charge < -0.3 is 25.0 Å². The van der Waals surface area contributed by atoms with Gasteiger partial charge in [0, 0.05) is 39.9 Å². The van der Waals surface area contributed by atoms with Crippen LogP contribution < -0.4 is 10.6 Å². The van der Waals surface area contributed by atoms with Crippen LogP contribution in [0.25, 0.3) is 0 Å². The molecule has 1 aliphatic heterocycles. The molecule has 1 heterocycles. The Morgan fingerprint density at radius 3 is 2.80 bits per heavy atom. The Morgan fingerprint density at radius 1 is 1.30 bits per heavy atom. The van der Waals surface area contributed by atoms with Gasteiger partial charge in [-0.05, 0) is 32.9 Å². The Labute approximate surface area is 122 Å². The molecule has 20 heavy (non-hydrogen) atoms. The number of guanidine groups is 1. The molecule has 6 nitrogen and oxygen atoms in total. The second kappa shape index (κ2) is 10.9. The zero-order chi connectivity index (χ0) is 14.6. The number of nitrogens with one attached hydrogen (secondary N) is 2. The average molecular weight is 286 g/mol. The van der Waals surface area contributed by atoms with Crippen LogP contribution in [0.1, 0.15) is 19.3 Å². The third kappa shape index (κ3) is 7.07. The summed E-state index contributed by atoms with van der Waals surface area (Å²) in [7, 11) is 5.68. The van der Waals surface area contributed by atoms with E-state index in [0.29, 0.717) is 19.3 Å². The standard InChI is InChI=1S/C14H30N4O2/c1-15-14(16-7-5-9-20-11-10-19-3)17-12-13-6-4-8-18(13)2/h13H,4-12H2,1-3H3,(H2,15,16,17). The van der Waals surface area contributed by atoms with E-state index in [9.17, 15) is 0 Å². The maximum atomic E-state index is 5.41. The maximum absolute atomic E-state index is 5.41. The molecule has 1 rings (SSSR count). The highest BCUT2D eigenvalue weighted by atomic mass is 16.5. The molecule has 0 radical (unpaired) electrons. The summed E-state index contributed by atoms with van der Waals surface area (Å²) in [6.07, 6.45) is 3.54. The second-order valence-corrected chi connectivity index (χ2v) is 5.12.